The van der Waals surface area contributed by atoms with Crippen LogP contribution in [-0.4, -0.2) is 12.4 Å². The molecule has 0 saturated carbocycles. The molecule has 2 aromatic carbocycles. The monoisotopic (exact) mass is 289 g/mol. The van der Waals surface area contributed by atoms with Crippen molar-refractivity contribution in [2.75, 3.05) is 4.67 Å². The minimum absolute atomic E-state index is 0.0253. The van der Waals surface area contributed by atoms with Crippen molar-refractivity contribution < 1.29 is 13.8 Å². The molecule has 1 heterocycles. The van der Waals surface area contributed by atoms with Crippen molar-refractivity contribution in [2.24, 2.45) is 0 Å². The van der Waals surface area contributed by atoms with E-state index in [2.05, 4.69) is 0 Å². The standard InChI is InChI=1S/C15H16NO3P/c1-12-15(18-12)19-20(17)16(13-8-4-2-5-9-13)14-10-6-3-7-11-14/h2-12,15,20H,1H3/t12-,15+/m1/s1. The van der Waals surface area contributed by atoms with Crippen LogP contribution in [0.25, 0.3) is 0 Å². The Labute approximate surface area is 118 Å². The Morgan fingerprint density at radius 2 is 1.45 bits per heavy atom. The van der Waals surface area contributed by atoms with E-state index in [0.29, 0.717) is 0 Å². The summed E-state index contributed by atoms with van der Waals surface area (Å²) >= 11 is 0. The zero-order valence-electron chi connectivity index (χ0n) is 11.1. The van der Waals surface area contributed by atoms with Gasteiger partial charge in [-0.2, -0.15) is 0 Å². The lowest BCUT2D eigenvalue weighted by Gasteiger charge is -2.23. The van der Waals surface area contributed by atoms with Gasteiger partial charge in [0.05, 0.1) is 0 Å². The van der Waals surface area contributed by atoms with Crippen molar-refractivity contribution in [3.63, 3.8) is 0 Å². The van der Waals surface area contributed by atoms with Gasteiger partial charge < -0.3 is 4.74 Å². The SMILES string of the molecule is C[C@H]1O[C@H]1O[PH](=O)N(c1ccccc1)c1ccccc1. The summed E-state index contributed by atoms with van der Waals surface area (Å²) < 4.78 is 25.0. The highest BCUT2D eigenvalue weighted by Crippen LogP contribution is 2.45. The number of rotatable bonds is 5. The van der Waals surface area contributed by atoms with Crippen molar-refractivity contribution in [1.82, 2.24) is 0 Å². The third-order valence-electron chi connectivity index (χ3n) is 3.08. The van der Waals surface area contributed by atoms with E-state index in [4.69, 9.17) is 9.26 Å². The van der Waals surface area contributed by atoms with E-state index in [1.165, 1.54) is 0 Å². The fourth-order valence-electron chi connectivity index (χ4n) is 1.96. The Bertz CT molecular complexity index is 551. The van der Waals surface area contributed by atoms with Crippen LogP contribution in [0.4, 0.5) is 11.4 Å². The summed E-state index contributed by atoms with van der Waals surface area (Å²) in [7, 11) is -2.44. The van der Waals surface area contributed by atoms with E-state index in [1.807, 2.05) is 67.6 Å². The molecule has 104 valence electrons. The Balaban J connectivity index is 1.89. The van der Waals surface area contributed by atoms with Gasteiger partial charge in [-0.25, -0.2) is 0 Å². The van der Waals surface area contributed by atoms with E-state index >= 15 is 0 Å². The molecule has 3 rings (SSSR count). The number of epoxide rings is 1. The van der Waals surface area contributed by atoms with Crippen molar-refractivity contribution in [3.8, 4) is 0 Å². The van der Waals surface area contributed by atoms with E-state index < -0.39 is 8.18 Å². The van der Waals surface area contributed by atoms with E-state index in [0.717, 1.165) is 11.4 Å². The Morgan fingerprint density at radius 1 is 1.00 bits per heavy atom. The topological polar surface area (TPSA) is 42.1 Å². The molecule has 0 bridgehead atoms. The van der Waals surface area contributed by atoms with Crippen LogP contribution in [0.1, 0.15) is 6.92 Å². The largest absolute Gasteiger partial charge is 0.341 e. The molecule has 0 aliphatic carbocycles. The first-order valence-corrected chi connectivity index (χ1v) is 7.78. The summed E-state index contributed by atoms with van der Waals surface area (Å²) in [6.45, 7) is 1.90. The summed E-state index contributed by atoms with van der Waals surface area (Å²) in [5.41, 5.74) is 1.69. The smallest absolute Gasteiger partial charge is 0.291 e. The number of nitrogens with zero attached hydrogens (tertiary/aromatic N) is 1. The number of hydrogen-bond donors (Lipinski definition) is 0. The quantitative estimate of drug-likeness (QED) is 0.617. The maximum atomic E-state index is 12.5. The molecule has 20 heavy (non-hydrogen) atoms. The van der Waals surface area contributed by atoms with Gasteiger partial charge in [-0.3, -0.25) is 13.8 Å². The third-order valence-corrected chi connectivity index (χ3v) is 4.40. The zero-order chi connectivity index (χ0) is 13.9. The molecule has 0 aromatic heterocycles. The molecule has 5 heteroatoms. The van der Waals surface area contributed by atoms with Gasteiger partial charge >= 0.3 is 0 Å². The number of para-hydroxylation sites is 2. The van der Waals surface area contributed by atoms with Crippen LogP contribution in [-0.2, 0) is 13.8 Å². The van der Waals surface area contributed by atoms with Crippen molar-refractivity contribution >= 4 is 19.6 Å². The second-order valence-corrected chi connectivity index (χ2v) is 5.81. The minimum Gasteiger partial charge on any atom is -0.341 e. The first-order valence-electron chi connectivity index (χ1n) is 6.52. The van der Waals surface area contributed by atoms with Crippen molar-refractivity contribution in [3.05, 3.63) is 60.7 Å². The van der Waals surface area contributed by atoms with Crippen LogP contribution >= 0.6 is 8.18 Å². The molecule has 1 fully saturated rings. The Hall–Kier alpha value is -1.61. The van der Waals surface area contributed by atoms with Crippen molar-refractivity contribution in [1.29, 1.82) is 0 Å². The number of anilines is 2. The van der Waals surface area contributed by atoms with Gasteiger partial charge in [0, 0.05) is 11.4 Å². The molecule has 3 atom stereocenters. The summed E-state index contributed by atoms with van der Waals surface area (Å²) in [6.07, 6.45) is -0.325. The van der Waals surface area contributed by atoms with Crippen LogP contribution in [0.5, 0.6) is 0 Å². The third kappa shape index (κ3) is 2.93. The molecular weight excluding hydrogens is 273 g/mol. The van der Waals surface area contributed by atoms with Crippen LogP contribution in [0, 0.1) is 0 Å². The molecule has 2 aromatic rings. The second kappa shape index (κ2) is 5.80. The zero-order valence-corrected chi connectivity index (χ0v) is 12.1. The van der Waals surface area contributed by atoms with Crippen LogP contribution in [0.3, 0.4) is 0 Å². The molecule has 0 N–H and O–H groups in total. The molecular formula is C15H16NO3P. The number of hydrogen-bond acceptors (Lipinski definition) is 3. The van der Waals surface area contributed by atoms with Crippen LogP contribution < -0.4 is 4.67 Å². The Morgan fingerprint density at radius 3 is 1.85 bits per heavy atom. The molecule has 0 amide bonds. The minimum atomic E-state index is -2.44. The molecule has 4 nitrogen and oxygen atoms in total. The van der Waals surface area contributed by atoms with Gasteiger partial charge in [-0.15, -0.1) is 0 Å². The summed E-state index contributed by atoms with van der Waals surface area (Å²) in [4.78, 5) is 0. The van der Waals surface area contributed by atoms with Gasteiger partial charge in [0.25, 0.3) is 8.18 Å². The Kier molecular flexibility index (Phi) is 3.88. The summed E-state index contributed by atoms with van der Waals surface area (Å²) in [6, 6.07) is 19.2. The lowest BCUT2D eigenvalue weighted by molar-refractivity contribution is 0.189. The molecule has 1 saturated heterocycles. The maximum absolute atomic E-state index is 12.5. The highest BCUT2D eigenvalue weighted by molar-refractivity contribution is 7.41. The predicted octanol–water partition coefficient (Wildman–Crippen LogP) is 3.98. The number of benzene rings is 2. The molecule has 1 unspecified atom stereocenters. The first kappa shape index (κ1) is 13.4. The second-order valence-electron chi connectivity index (χ2n) is 4.60. The summed E-state index contributed by atoms with van der Waals surface area (Å²) in [5.74, 6) is 0. The predicted molar refractivity (Wildman–Crippen MR) is 79.4 cm³/mol. The van der Waals surface area contributed by atoms with Crippen LogP contribution in [0.15, 0.2) is 60.7 Å². The van der Waals surface area contributed by atoms with E-state index in [9.17, 15) is 4.57 Å². The van der Waals surface area contributed by atoms with E-state index in [1.54, 1.807) is 4.67 Å². The average Bonchev–Trinajstić information content (AvgIpc) is 3.16. The lowest BCUT2D eigenvalue weighted by Crippen LogP contribution is -2.09. The van der Waals surface area contributed by atoms with Gasteiger partial charge in [0.2, 0.25) is 0 Å². The highest BCUT2D eigenvalue weighted by atomic mass is 31.1. The van der Waals surface area contributed by atoms with Crippen LogP contribution in [0.2, 0.25) is 0 Å². The maximum Gasteiger partial charge on any atom is 0.291 e. The number of ether oxygens (including phenoxy) is 1. The van der Waals surface area contributed by atoms with Crippen molar-refractivity contribution in [2.45, 2.75) is 19.3 Å². The lowest BCUT2D eigenvalue weighted by atomic mass is 10.3. The van der Waals surface area contributed by atoms with Gasteiger partial charge in [0.15, 0.2) is 6.29 Å². The molecule has 1 aliphatic rings. The first-order chi connectivity index (χ1) is 9.75. The fourth-order valence-corrected chi connectivity index (χ4v) is 3.23. The van der Waals surface area contributed by atoms with Gasteiger partial charge in [0.1, 0.15) is 6.10 Å². The molecule has 0 radical (unpaired) electrons. The summed E-state index contributed by atoms with van der Waals surface area (Å²) in [5, 5.41) is 0. The average molecular weight is 289 g/mol. The molecule has 0 spiro atoms. The highest BCUT2D eigenvalue weighted by Gasteiger charge is 2.38. The van der Waals surface area contributed by atoms with E-state index in [-0.39, 0.29) is 12.4 Å². The van der Waals surface area contributed by atoms with Gasteiger partial charge in [-0.05, 0) is 31.2 Å². The normalized spacial score (nSPS) is 22.2. The van der Waals surface area contributed by atoms with Gasteiger partial charge in [-0.1, -0.05) is 36.4 Å². The fraction of sp³-hybridized carbons (Fsp3) is 0.200. The molecule has 1 aliphatic heterocycles.